The zero-order valence-electron chi connectivity index (χ0n) is 13.6. The number of benzene rings is 2. The lowest BCUT2D eigenvalue weighted by atomic mass is 10.1. The number of nitrogens with one attached hydrogen (secondary N) is 1. The molecule has 0 saturated carbocycles. The minimum absolute atomic E-state index is 0.0617. The molecule has 4 nitrogen and oxygen atoms in total. The topological polar surface area (TPSA) is 45.3 Å². The standard InChI is InChI=1S/C19H22N2O2/c1-3-21(4-2)11-12-23-14-9-10-16-15-7-5-6-8-17(15)19(22)20-18(16)13-14/h5-10,13H,3-4,11-12H2,1-2H3,(H,20,22). The molecular weight excluding hydrogens is 288 g/mol. The van der Waals surface area contributed by atoms with Gasteiger partial charge in [0, 0.05) is 23.4 Å². The number of aromatic amines is 1. The summed E-state index contributed by atoms with van der Waals surface area (Å²) in [6, 6.07) is 13.6. The molecule has 120 valence electrons. The van der Waals surface area contributed by atoms with E-state index in [9.17, 15) is 4.79 Å². The number of hydrogen-bond acceptors (Lipinski definition) is 3. The second-order valence-electron chi connectivity index (χ2n) is 5.58. The van der Waals surface area contributed by atoms with Crippen molar-refractivity contribution in [2.24, 2.45) is 0 Å². The predicted molar refractivity (Wildman–Crippen MR) is 95.4 cm³/mol. The molecule has 1 N–H and O–H groups in total. The van der Waals surface area contributed by atoms with Crippen LogP contribution in [0.3, 0.4) is 0 Å². The van der Waals surface area contributed by atoms with E-state index in [1.54, 1.807) is 0 Å². The Hall–Kier alpha value is -2.33. The van der Waals surface area contributed by atoms with Crippen molar-refractivity contribution in [1.29, 1.82) is 0 Å². The molecule has 2 aromatic carbocycles. The van der Waals surface area contributed by atoms with Gasteiger partial charge in [-0.3, -0.25) is 4.79 Å². The number of rotatable bonds is 6. The summed E-state index contributed by atoms with van der Waals surface area (Å²) in [5.41, 5.74) is 0.752. The summed E-state index contributed by atoms with van der Waals surface area (Å²) in [4.78, 5) is 17.4. The van der Waals surface area contributed by atoms with Crippen LogP contribution in [-0.4, -0.2) is 36.1 Å². The van der Waals surface area contributed by atoms with Crippen molar-refractivity contribution in [3.8, 4) is 5.75 Å². The van der Waals surface area contributed by atoms with Gasteiger partial charge in [-0.15, -0.1) is 0 Å². The zero-order valence-corrected chi connectivity index (χ0v) is 13.6. The average molecular weight is 310 g/mol. The lowest BCUT2D eigenvalue weighted by Gasteiger charge is -2.18. The quantitative estimate of drug-likeness (QED) is 0.710. The van der Waals surface area contributed by atoms with Gasteiger partial charge in [0.25, 0.3) is 5.56 Å². The fourth-order valence-corrected chi connectivity index (χ4v) is 2.89. The molecule has 0 spiro atoms. The van der Waals surface area contributed by atoms with Crippen LogP contribution in [0.5, 0.6) is 5.75 Å². The van der Waals surface area contributed by atoms with Gasteiger partial charge in [-0.05, 0) is 36.7 Å². The number of aromatic nitrogens is 1. The van der Waals surface area contributed by atoms with E-state index in [0.717, 1.165) is 47.1 Å². The first-order chi connectivity index (χ1) is 11.2. The predicted octanol–water partition coefficient (Wildman–Crippen LogP) is 3.40. The molecule has 0 aliphatic rings. The third kappa shape index (κ3) is 3.22. The van der Waals surface area contributed by atoms with Gasteiger partial charge in [0.15, 0.2) is 0 Å². The molecule has 0 fully saturated rings. The van der Waals surface area contributed by atoms with E-state index in [1.165, 1.54) is 0 Å². The van der Waals surface area contributed by atoms with E-state index in [2.05, 4.69) is 23.7 Å². The Morgan fingerprint density at radius 3 is 2.48 bits per heavy atom. The molecule has 3 rings (SSSR count). The zero-order chi connectivity index (χ0) is 16.2. The van der Waals surface area contributed by atoms with Crippen molar-refractivity contribution in [2.45, 2.75) is 13.8 Å². The summed E-state index contributed by atoms with van der Waals surface area (Å²) in [6.45, 7) is 7.89. The van der Waals surface area contributed by atoms with Crippen LogP contribution in [0.1, 0.15) is 13.8 Å². The van der Waals surface area contributed by atoms with Gasteiger partial charge in [0.1, 0.15) is 12.4 Å². The Morgan fingerprint density at radius 1 is 1.00 bits per heavy atom. The summed E-state index contributed by atoms with van der Waals surface area (Å²) in [7, 11) is 0. The van der Waals surface area contributed by atoms with Crippen molar-refractivity contribution in [2.75, 3.05) is 26.2 Å². The van der Waals surface area contributed by atoms with E-state index in [-0.39, 0.29) is 5.56 Å². The minimum Gasteiger partial charge on any atom is -0.492 e. The van der Waals surface area contributed by atoms with Crippen molar-refractivity contribution < 1.29 is 4.74 Å². The molecular formula is C19H22N2O2. The number of hydrogen-bond donors (Lipinski definition) is 1. The molecule has 3 aromatic rings. The highest BCUT2D eigenvalue weighted by Crippen LogP contribution is 2.24. The number of nitrogens with zero attached hydrogens (tertiary/aromatic N) is 1. The van der Waals surface area contributed by atoms with Crippen molar-refractivity contribution in [3.05, 3.63) is 52.8 Å². The van der Waals surface area contributed by atoms with Gasteiger partial charge in [-0.2, -0.15) is 0 Å². The van der Waals surface area contributed by atoms with Crippen LogP contribution in [0.25, 0.3) is 21.7 Å². The lowest BCUT2D eigenvalue weighted by molar-refractivity contribution is 0.223. The molecule has 0 bridgehead atoms. The molecule has 1 aromatic heterocycles. The van der Waals surface area contributed by atoms with Crippen molar-refractivity contribution in [1.82, 2.24) is 9.88 Å². The molecule has 0 amide bonds. The van der Waals surface area contributed by atoms with Gasteiger partial charge >= 0.3 is 0 Å². The van der Waals surface area contributed by atoms with Crippen LogP contribution < -0.4 is 10.3 Å². The van der Waals surface area contributed by atoms with E-state index in [1.807, 2.05) is 42.5 Å². The average Bonchev–Trinajstić information content (AvgIpc) is 2.59. The SMILES string of the molecule is CCN(CC)CCOc1ccc2c(c1)[nH]c(=O)c1ccccc12. The molecule has 0 saturated heterocycles. The van der Waals surface area contributed by atoms with Gasteiger partial charge in [-0.1, -0.05) is 32.0 Å². The maximum absolute atomic E-state index is 12.2. The van der Waals surface area contributed by atoms with Crippen LogP contribution in [0.15, 0.2) is 47.3 Å². The van der Waals surface area contributed by atoms with Crippen LogP contribution in [0.2, 0.25) is 0 Å². The molecule has 0 radical (unpaired) electrons. The largest absolute Gasteiger partial charge is 0.492 e. The Kier molecular flexibility index (Phi) is 4.63. The smallest absolute Gasteiger partial charge is 0.256 e. The number of ether oxygens (including phenoxy) is 1. The Labute approximate surface area is 135 Å². The first kappa shape index (κ1) is 15.6. The molecule has 0 aliphatic carbocycles. The fraction of sp³-hybridized carbons (Fsp3) is 0.316. The van der Waals surface area contributed by atoms with Gasteiger partial charge < -0.3 is 14.6 Å². The van der Waals surface area contributed by atoms with E-state index in [4.69, 9.17) is 4.74 Å². The van der Waals surface area contributed by atoms with Crippen LogP contribution in [0.4, 0.5) is 0 Å². The van der Waals surface area contributed by atoms with Gasteiger partial charge in [-0.25, -0.2) is 0 Å². The maximum Gasteiger partial charge on any atom is 0.256 e. The maximum atomic E-state index is 12.2. The van der Waals surface area contributed by atoms with Crippen molar-refractivity contribution in [3.63, 3.8) is 0 Å². The van der Waals surface area contributed by atoms with E-state index >= 15 is 0 Å². The summed E-state index contributed by atoms with van der Waals surface area (Å²) in [5.74, 6) is 0.788. The number of fused-ring (bicyclic) bond motifs is 3. The van der Waals surface area contributed by atoms with Gasteiger partial charge in [0.05, 0.1) is 5.52 Å². The number of likely N-dealkylation sites (N-methyl/N-ethyl adjacent to an activating group) is 1. The second-order valence-corrected chi connectivity index (χ2v) is 5.58. The number of H-pyrrole nitrogens is 1. The van der Waals surface area contributed by atoms with E-state index < -0.39 is 0 Å². The second kappa shape index (κ2) is 6.84. The molecule has 4 heteroatoms. The summed E-state index contributed by atoms with van der Waals surface area (Å²) >= 11 is 0. The molecule has 0 aliphatic heterocycles. The van der Waals surface area contributed by atoms with Crippen molar-refractivity contribution >= 4 is 21.7 Å². The number of pyridine rings is 1. The molecule has 0 unspecified atom stereocenters. The third-order valence-corrected chi connectivity index (χ3v) is 4.27. The Balaban J connectivity index is 1.88. The third-order valence-electron chi connectivity index (χ3n) is 4.27. The normalized spacial score (nSPS) is 11.4. The van der Waals surface area contributed by atoms with Gasteiger partial charge in [0.2, 0.25) is 0 Å². The highest BCUT2D eigenvalue weighted by atomic mass is 16.5. The van der Waals surface area contributed by atoms with Crippen LogP contribution >= 0.6 is 0 Å². The first-order valence-electron chi connectivity index (χ1n) is 8.13. The highest BCUT2D eigenvalue weighted by Gasteiger charge is 2.06. The molecule has 0 atom stereocenters. The summed E-state index contributed by atoms with van der Waals surface area (Å²) in [5, 5.41) is 2.73. The van der Waals surface area contributed by atoms with Crippen LogP contribution in [0, 0.1) is 0 Å². The summed E-state index contributed by atoms with van der Waals surface area (Å²) < 4.78 is 5.84. The molecule has 23 heavy (non-hydrogen) atoms. The lowest BCUT2D eigenvalue weighted by Crippen LogP contribution is -2.27. The van der Waals surface area contributed by atoms with Crippen LogP contribution in [-0.2, 0) is 0 Å². The Morgan fingerprint density at radius 2 is 1.74 bits per heavy atom. The minimum atomic E-state index is -0.0617. The monoisotopic (exact) mass is 310 g/mol. The fourth-order valence-electron chi connectivity index (χ4n) is 2.89. The first-order valence-corrected chi connectivity index (χ1v) is 8.13. The summed E-state index contributed by atoms with van der Waals surface area (Å²) in [6.07, 6.45) is 0. The highest BCUT2D eigenvalue weighted by molar-refractivity contribution is 6.05. The Bertz CT molecular complexity index is 866. The van der Waals surface area contributed by atoms with E-state index in [0.29, 0.717) is 6.61 Å². The molecule has 1 heterocycles.